The standard InChI is InChI=1S/C14H20N2/c1-10(15)13-7-2-4-11-8-9-16(14(11)13)12-5-3-6-12/h2,4,7,10,12H,3,5-6,8-9,15H2,1H3. The minimum Gasteiger partial charge on any atom is -0.368 e. The molecular formula is C14H20N2. The van der Waals surface area contributed by atoms with Gasteiger partial charge in [-0.1, -0.05) is 18.2 Å². The maximum atomic E-state index is 6.08. The highest BCUT2D eigenvalue weighted by Crippen LogP contribution is 2.39. The van der Waals surface area contributed by atoms with E-state index < -0.39 is 0 Å². The zero-order valence-electron chi connectivity index (χ0n) is 9.95. The molecule has 1 heterocycles. The van der Waals surface area contributed by atoms with Crippen molar-refractivity contribution in [2.24, 2.45) is 5.73 Å². The van der Waals surface area contributed by atoms with E-state index in [-0.39, 0.29) is 6.04 Å². The second-order valence-electron chi connectivity index (χ2n) is 5.17. The number of rotatable bonds is 2. The Hall–Kier alpha value is -1.02. The largest absolute Gasteiger partial charge is 0.368 e. The molecule has 0 amide bonds. The zero-order valence-corrected chi connectivity index (χ0v) is 9.95. The first-order chi connectivity index (χ1) is 7.77. The molecule has 0 aromatic heterocycles. The molecule has 1 aliphatic carbocycles. The van der Waals surface area contributed by atoms with Crippen molar-refractivity contribution in [2.75, 3.05) is 11.4 Å². The number of nitrogens with zero attached hydrogens (tertiary/aromatic N) is 1. The number of anilines is 1. The van der Waals surface area contributed by atoms with Gasteiger partial charge in [0.05, 0.1) is 0 Å². The van der Waals surface area contributed by atoms with E-state index in [4.69, 9.17) is 5.73 Å². The summed E-state index contributed by atoms with van der Waals surface area (Å²) in [7, 11) is 0. The quantitative estimate of drug-likeness (QED) is 0.823. The number of benzene rings is 1. The second-order valence-corrected chi connectivity index (χ2v) is 5.17. The van der Waals surface area contributed by atoms with E-state index in [1.165, 1.54) is 49.0 Å². The molecule has 2 heteroatoms. The smallest absolute Gasteiger partial charge is 0.0450 e. The van der Waals surface area contributed by atoms with Gasteiger partial charge in [-0.25, -0.2) is 0 Å². The molecule has 2 aliphatic rings. The van der Waals surface area contributed by atoms with Gasteiger partial charge in [0.25, 0.3) is 0 Å². The Bertz CT molecular complexity index is 394. The number of para-hydroxylation sites is 1. The molecule has 16 heavy (non-hydrogen) atoms. The van der Waals surface area contributed by atoms with Gasteiger partial charge in [-0.05, 0) is 43.7 Å². The van der Waals surface area contributed by atoms with E-state index in [2.05, 4.69) is 30.0 Å². The molecule has 0 spiro atoms. The predicted molar refractivity (Wildman–Crippen MR) is 67.7 cm³/mol. The maximum Gasteiger partial charge on any atom is 0.0450 e. The minimum atomic E-state index is 0.149. The summed E-state index contributed by atoms with van der Waals surface area (Å²) in [5, 5.41) is 0. The lowest BCUT2D eigenvalue weighted by Crippen LogP contribution is -2.39. The summed E-state index contributed by atoms with van der Waals surface area (Å²) in [6.07, 6.45) is 5.34. The lowest BCUT2D eigenvalue weighted by atomic mass is 9.90. The van der Waals surface area contributed by atoms with Crippen LogP contribution >= 0.6 is 0 Å². The summed E-state index contributed by atoms with van der Waals surface area (Å²) >= 11 is 0. The van der Waals surface area contributed by atoms with Crippen molar-refractivity contribution >= 4 is 5.69 Å². The van der Waals surface area contributed by atoms with Gasteiger partial charge in [-0.15, -0.1) is 0 Å². The fraction of sp³-hybridized carbons (Fsp3) is 0.571. The number of nitrogens with two attached hydrogens (primary N) is 1. The molecule has 1 aliphatic heterocycles. The van der Waals surface area contributed by atoms with Crippen LogP contribution in [0.15, 0.2) is 18.2 Å². The van der Waals surface area contributed by atoms with E-state index in [1.54, 1.807) is 0 Å². The van der Waals surface area contributed by atoms with Crippen LogP contribution in [0.2, 0.25) is 0 Å². The molecule has 0 saturated heterocycles. The van der Waals surface area contributed by atoms with Crippen molar-refractivity contribution in [3.63, 3.8) is 0 Å². The summed E-state index contributed by atoms with van der Waals surface area (Å²) in [6.45, 7) is 3.29. The lowest BCUT2D eigenvalue weighted by molar-refractivity contribution is 0.392. The van der Waals surface area contributed by atoms with Crippen LogP contribution in [0.25, 0.3) is 0 Å². The molecule has 3 rings (SSSR count). The highest BCUT2D eigenvalue weighted by atomic mass is 15.2. The van der Waals surface area contributed by atoms with Gasteiger partial charge < -0.3 is 10.6 Å². The summed E-state index contributed by atoms with van der Waals surface area (Å²) in [5.41, 5.74) is 10.4. The fourth-order valence-corrected chi connectivity index (χ4v) is 2.95. The van der Waals surface area contributed by atoms with Gasteiger partial charge in [0.15, 0.2) is 0 Å². The van der Waals surface area contributed by atoms with Crippen LogP contribution in [0.5, 0.6) is 0 Å². The number of fused-ring (bicyclic) bond motifs is 1. The normalized spacial score (nSPS) is 21.8. The van der Waals surface area contributed by atoms with Crippen molar-refractivity contribution in [1.29, 1.82) is 0 Å². The molecule has 2 nitrogen and oxygen atoms in total. The summed E-state index contributed by atoms with van der Waals surface area (Å²) in [4.78, 5) is 2.61. The van der Waals surface area contributed by atoms with E-state index in [0.717, 1.165) is 6.04 Å². The van der Waals surface area contributed by atoms with Crippen molar-refractivity contribution in [1.82, 2.24) is 0 Å². The summed E-state index contributed by atoms with van der Waals surface area (Å²) < 4.78 is 0. The average Bonchev–Trinajstić information content (AvgIpc) is 2.59. The van der Waals surface area contributed by atoms with Crippen LogP contribution < -0.4 is 10.6 Å². The van der Waals surface area contributed by atoms with E-state index >= 15 is 0 Å². The molecule has 1 unspecified atom stereocenters. The first-order valence-electron chi connectivity index (χ1n) is 6.41. The lowest BCUT2D eigenvalue weighted by Gasteiger charge is -2.38. The molecular weight excluding hydrogens is 196 g/mol. The van der Waals surface area contributed by atoms with Crippen LogP contribution in [0, 0.1) is 0 Å². The Morgan fingerprint density at radius 3 is 2.81 bits per heavy atom. The molecule has 1 atom stereocenters. The monoisotopic (exact) mass is 216 g/mol. The zero-order chi connectivity index (χ0) is 11.1. The first kappa shape index (κ1) is 10.2. The Labute approximate surface area is 97.4 Å². The Morgan fingerprint density at radius 2 is 2.19 bits per heavy atom. The molecule has 1 aromatic carbocycles. The SMILES string of the molecule is CC(N)c1cccc2c1N(C1CCC1)CC2. The number of hydrogen-bond acceptors (Lipinski definition) is 2. The van der Waals surface area contributed by atoms with E-state index in [1.807, 2.05) is 0 Å². The Morgan fingerprint density at radius 1 is 1.38 bits per heavy atom. The third kappa shape index (κ3) is 1.44. The second kappa shape index (κ2) is 3.77. The summed E-state index contributed by atoms with van der Waals surface area (Å²) in [5.74, 6) is 0. The molecule has 86 valence electrons. The van der Waals surface area contributed by atoms with E-state index in [0.29, 0.717) is 0 Å². The fourth-order valence-electron chi connectivity index (χ4n) is 2.95. The predicted octanol–water partition coefficient (Wildman–Crippen LogP) is 2.62. The highest BCUT2D eigenvalue weighted by Gasteiger charge is 2.31. The van der Waals surface area contributed by atoms with Crippen LogP contribution in [0.1, 0.15) is 43.4 Å². The Balaban J connectivity index is 2.01. The van der Waals surface area contributed by atoms with E-state index in [9.17, 15) is 0 Å². The van der Waals surface area contributed by atoms with Crippen LogP contribution in [-0.2, 0) is 6.42 Å². The highest BCUT2D eigenvalue weighted by molar-refractivity contribution is 5.65. The molecule has 1 aromatic rings. The van der Waals surface area contributed by atoms with Crippen molar-refractivity contribution in [3.05, 3.63) is 29.3 Å². The van der Waals surface area contributed by atoms with Gasteiger partial charge in [0.1, 0.15) is 0 Å². The third-order valence-electron chi connectivity index (χ3n) is 4.07. The van der Waals surface area contributed by atoms with Crippen molar-refractivity contribution in [3.8, 4) is 0 Å². The molecule has 1 saturated carbocycles. The van der Waals surface area contributed by atoms with Gasteiger partial charge in [-0.2, -0.15) is 0 Å². The average molecular weight is 216 g/mol. The van der Waals surface area contributed by atoms with Crippen molar-refractivity contribution in [2.45, 2.75) is 44.7 Å². The first-order valence-corrected chi connectivity index (χ1v) is 6.41. The Kier molecular flexibility index (Phi) is 2.40. The van der Waals surface area contributed by atoms with Crippen molar-refractivity contribution < 1.29 is 0 Å². The van der Waals surface area contributed by atoms with Gasteiger partial charge in [0, 0.05) is 24.3 Å². The topological polar surface area (TPSA) is 29.3 Å². The molecule has 0 radical (unpaired) electrons. The van der Waals surface area contributed by atoms with Gasteiger partial charge in [-0.3, -0.25) is 0 Å². The molecule has 2 N–H and O–H groups in total. The number of hydrogen-bond donors (Lipinski definition) is 1. The molecule has 0 bridgehead atoms. The van der Waals surface area contributed by atoms with Gasteiger partial charge >= 0.3 is 0 Å². The van der Waals surface area contributed by atoms with Crippen LogP contribution in [-0.4, -0.2) is 12.6 Å². The van der Waals surface area contributed by atoms with Crippen LogP contribution in [0.4, 0.5) is 5.69 Å². The third-order valence-corrected chi connectivity index (χ3v) is 4.07. The van der Waals surface area contributed by atoms with Crippen LogP contribution in [0.3, 0.4) is 0 Å². The minimum absolute atomic E-state index is 0.149. The molecule has 1 fully saturated rings. The maximum absolute atomic E-state index is 6.08. The van der Waals surface area contributed by atoms with Gasteiger partial charge in [0.2, 0.25) is 0 Å². The summed E-state index contributed by atoms with van der Waals surface area (Å²) in [6, 6.07) is 7.55.